The van der Waals surface area contributed by atoms with Crippen molar-refractivity contribution in [1.82, 2.24) is 14.5 Å². The highest BCUT2D eigenvalue weighted by molar-refractivity contribution is 6.31. The van der Waals surface area contributed by atoms with Gasteiger partial charge in [0.05, 0.1) is 30.3 Å². The molecule has 4 aromatic rings. The van der Waals surface area contributed by atoms with Crippen molar-refractivity contribution in [3.63, 3.8) is 0 Å². The number of benzene rings is 2. The van der Waals surface area contributed by atoms with Gasteiger partial charge in [0.15, 0.2) is 11.5 Å². The minimum Gasteiger partial charge on any atom is -0.493 e. The summed E-state index contributed by atoms with van der Waals surface area (Å²) in [6.45, 7) is 4.78. The van der Waals surface area contributed by atoms with E-state index in [0.717, 1.165) is 16.6 Å². The molecule has 0 amide bonds. The van der Waals surface area contributed by atoms with E-state index in [1.54, 1.807) is 31.5 Å². The Morgan fingerprint density at radius 2 is 2.00 bits per heavy atom. The Hall–Kier alpha value is -3.82. The molecule has 33 heavy (non-hydrogen) atoms. The third kappa shape index (κ3) is 4.84. The number of hydrogen-bond donors (Lipinski definition) is 0. The number of methoxy groups -OCH3 is 1. The van der Waals surface area contributed by atoms with Gasteiger partial charge in [0, 0.05) is 16.8 Å². The number of aromatic nitrogens is 3. The number of ether oxygens (including phenoxy) is 2. The zero-order valence-corrected chi connectivity index (χ0v) is 19.4. The van der Waals surface area contributed by atoms with Gasteiger partial charge in [-0.2, -0.15) is 5.26 Å². The van der Waals surface area contributed by atoms with Gasteiger partial charge in [-0.15, -0.1) is 0 Å². The molecule has 0 aliphatic carbocycles. The molecule has 0 unspecified atom stereocenters. The Morgan fingerprint density at radius 3 is 2.70 bits per heavy atom. The van der Waals surface area contributed by atoms with Gasteiger partial charge < -0.3 is 9.47 Å². The van der Waals surface area contributed by atoms with Crippen LogP contribution in [0, 0.1) is 17.2 Å². The first-order valence-electron chi connectivity index (χ1n) is 10.5. The number of imidazole rings is 1. The van der Waals surface area contributed by atoms with E-state index in [0.29, 0.717) is 46.3 Å². The van der Waals surface area contributed by atoms with Crippen LogP contribution in [0.3, 0.4) is 0 Å². The average Bonchev–Trinajstić information content (AvgIpc) is 3.18. The van der Waals surface area contributed by atoms with E-state index < -0.39 is 0 Å². The van der Waals surface area contributed by atoms with Crippen LogP contribution in [0.25, 0.3) is 29.0 Å². The van der Waals surface area contributed by atoms with Gasteiger partial charge >= 0.3 is 0 Å². The van der Waals surface area contributed by atoms with Crippen LogP contribution in [-0.4, -0.2) is 28.3 Å². The van der Waals surface area contributed by atoms with Crippen molar-refractivity contribution in [1.29, 1.82) is 5.26 Å². The quantitative estimate of drug-likeness (QED) is 0.331. The lowest BCUT2D eigenvalue weighted by atomic mass is 10.1. The molecule has 0 aliphatic heterocycles. The number of hydrogen-bond acceptors (Lipinski definition) is 5. The molecule has 166 valence electrons. The molecule has 7 heteroatoms. The van der Waals surface area contributed by atoms with Gasteiger partial charge in [-0.25, -0.2) is 9.97 Å². The number of nitrogens with zero attached hydrogens (tertiary/aromatic N) is 4. The molecular weight excluding hydrogens is 436 g/mol. The first-order valence-corrected chi connectivity index (χ1v) is 10.9. The molecule has 0 aliphatic rings. The third-order valence-corrected chi connectivity index (χ3v) is 5.19. The van der Waals surface area contributed by atoms with Gasteiger partial charge in [-0.05, 0) is 54.5 Å². The van der Waals surface area contributed by atoms with Crippen LogP contribution in [-0.2, 0) is 0 Å². The first-order chi connectivity index (χ1) is 16.0. The number of para-hydroxylation sites is 1. The molecule has 0 atom stereocenters. The van der Waals surface area contributed by atoms with E-state index in [-0.39, 0.29) is 0 Å². The van der Waals surface area contributed by atoms with Crippen molar-refractivity contribution in [2.75, 3.05) is 13.7 Å². The highest BCUT2D eigenvalue weighted by atomic mass is 35.5. The number of nitriles is 1. The normalized spacial score (nSPS) is 11.3. The summed E-state index contributed by atoms with van der Waals surface area (Å²) < 4.78 is 13.5. The Bertz CT molecular complexity index is 1350. The van der Waals surface area contributed by atoms with Crippen molar-refractivity contribution in [3.8, 4) is 23.4 Å². The Morgan fingerprint density at radius 1 is 1.15 bits per heavy atom. The van der Waals surface area contributed by atoms with E-state index >= 15 is 0 Å². The minimum absolute atomic E-state index is 0.378. The largest absolute Gasteiger partial charge is 0.493 e. The molecule has 2 aromatic carbocycles. The summed E-state index contributed by atoms with van der Waals surface area (Å²) in [6, 6.07) is 16.9. The summed E-state index contributed by atoms with van der Waals surface area (Å²) in [7, 11) is 1.63. The first kappa shape index (κ1) is 22.4. The number of rotatable bonds is 7. The number of pyridine rings is 1. The smallest absolute Gasteiger partial charge is 0.168 e. The topological polar surface area (TPSA) is 73.0 Å². The van der Waals surface area contributed by atoms with Crippen LogP contribution in [0.15, 0.2) is 54.7 Å². The van der Waals surface area contributed by atoms with Crippen LogP contribution in [0.4, 0.5) is 0 Å². The van der Waals surface area contributed by atoms with E-state index in [9.17, 15) is 0 Å². The van der Waals surface area contributed by atoms with E-state index in [1.165, 1.54) is 0 Å². The van der Waals surface area contributed by atoms with Crippen LogP contribution in [0.5, 0.6) is 11.5 Å². The molecule has 0 saturated carbocycles. The van der Waals surface area contributed by atoms with Gasteiger partial charge in [0.2, 0.25) is 0 Å². The fourth-order valence-electron chi connectivity index (χ4n) is 3.40. The van der Waals surface area contributed by atoms with Crippen molar-refractivity contribution >= 4 is 34.8 Å². The molecule has 0 radical (unpaired) electrons. The Labute approximate surface area is 197 Å². The van der Waals surface area contributed by atoms with E-state index in [4.69, 9.17) is 31.3 Å². The van der Waals surface area contributed by atoms with Crippen LogP contribution >= 0.6 is 11.6 Å². The van der Waals surface area contributed by atoms with E-state index in [1.807, 2.05) is 47.1 Å². The summed E-state index contributed by atoms with van der Waals surface area (Å²) in [4.78, 5) is 9.23. The van der Waals surface area contributed by atoms with Crippen molar-refractivity contribution in [2.45, 2.75) is 13.8 Å². The highest BCUT2D eigenvalue weighted by Gasteiger charge is 2.14. The second kappa shape index (κ2) is 9.76. The zero-order chi connectivity index (χ0) is 23.4. The second-order valence-corrected chi connectivity index (χ2v) is 8.31. The lowest BCUT2D eigenvalue weighted by Crippen LogP contribution is -2.06. The maximum atomic E-state index is 9.12. The molecule has 4 rings (SSSR count). The van der Waals surface area contributed by atoms with Crippen LogP contribution in [0.2, 0.25) is 5.02 Å². The molecule has 0 N–H and O–H groups in total. The molecule has 2 heterocycles. The van der Waals surface area contributed by atoms with Crippen LogP contribution < -0.4 is 9.47 Å². The maximum absolute atomic E-state index is 9.12. The SMILES string of the molecule is COc1cccc(C=Cc2nc3ccc(Cl)cc3n2-c2ccc(C#N)cn2)c1OCC(C)C. The Balaban J connectivity index is 1.82. The zero-order valence-electron chi connectivity index (χ0n) is 18.6. The fraction of sp³-hybridized carbons (Fsp3) is 0.192. The lowest BCUT2D eigenvalue weighted by Gasteiger charge is -2.14. The lowest BCUT2D eigenvalue weighted by molar-refractivity contribution is 0.256. The monoisotopic (exact) mass is 458 g/mol. The summed E-state index contributed by atoms with van der Waals surface area (Å²) in [6.07, 6.45) is 5.39. The summed E-state index contributed by atoms with van der Waals surface area (Å²) in [5, 5.41) is 9.72. The standard InChI is InChI=1S/C26H23ClN4O2/c1-17(2)16-33-26-19(5-4-6-23(26)32-3)8-12-25-30-21-10-9-20(27)13-22(21)31(25)24-11-7-18(14-28)15-29-24/h4-13,15,17H,16H2,1-3H3. The summed E-state index contributed by atoms with van der Waals surface area (Å²) >= 11 is 6.27. The summed E-state index contributed by atoms with van der Waals surface area (Å²) in [5.74, 6) is 3.05. The van der Waals surface area contributed by atoms with Gasteiger partial charge in [0.1, 0.15) is 17.7 Å². The molecule has 0 spiro atoms. The van der Waals surface area contributed by atoms with Gasteiger partial charge in [-0.1, -0.05) is 37.6 Å². The van der Waals surface area contributed by atoms with Crippen molar-refractivity contribution in [3.05, 3.63) is 76.7 Å². The second-order valence-electron chi connectivity index (χ2n) is 7.87. The molecule has 0 bridgehead atoms. The number of fused-ring (bicyclic) bond motifs is 1. The predicted molar refractivity (Wildman–Crippen MR) is 131 cm³/mol. The fourth-order valence-corrected chi connectivity index (χ4v) is 3.56. The maximum Gasteiger partial charge on any atom is 0.168 e. The highest BCUT2D eigenvalue weighted by Crippen LogP contribution is 2.33. The Kier molecular flexibility index (Phi) is 6.62. The third-order valence-electron chi connectivity index (χ3n) is 4.95. The molecule has 0 saturated heterocycles. The van der Waals surface area contributed by atoms with E-state index in [2.05, 4.69) is 24.9 Å². The van der Waals surface area contributed by atoms with Crippen molar-refractivity contribution < 1.29 is 9.47 Å². The predicted octanol–water partition coefficient (Wildman–Crippen LogP) is 6.16. The minimum atomic E-state index is 0.378. The van der Waals surface area contributed by atoms with Gasteiger partial charge in [-0.3, -0.25) is 4.57 Å². The summed E-state index contributed by atoms with van der Waals surface area (Å²) in [5.41, 5.74) is 2.97. The number of halogens is 1. The molecule has 2 aromatic heterocycles. The average molecular weight is 459 g/mol. The molecule has 6 nitrogen and oxygen atoms in total. The van der Waals surface area contributed by atoms with Crippen molar-refractivity contribution in [2.24, 2.45) is 5.92 Å². The molecular formula is C26H23ClN4O2. The van der Waals surface area contributed by atoms with Crippen LogP contribution in [0.1, 0.15) is 30.8 Å². The van der Waals surface area contributed by atoms with Gasteiger partial charge in [0.25, 0.3) is 0 Å². The molecule has 0 fully saturated rings.